The molecule has 0 aliphatic carbocycles. The van der Waals surface area contributed by atoms with E-state index in [-0.39, 0.29) is 41.1 Å². The molecule has 0 aliphatic rings. The highest BCUT2D eigenvalue weighted by Gasteiger charge is 2.34. The number of nitrogens with one attached hydrogen (secondary N) is 2. The van der Waals surface area contributed by atoms with Crippen LogP contribution in [0.25, 0.3) is 0 Å². The van der Waals surface area contributed by atoms with Crippen LogP contribution in [0.5, 0.6) is 0 Å². The van der Waals surface area contributed by atoms with Gasteiger partial charge < -0.3 is 20.3 Å². The fourth-order valence-electron chi connectivity index (χ4n) is 3.86. The van der Waals surface area contributed by atoms with Crippen LogP contribution in [0.3, 0.4) is 0 Å². The van der Waals surface area contributed by atoms with Crippen molar-refractivity contribution in [2.75, 3.05) is 13.7 Å². The van der Waals surface area contributed by atoms with E-state index in [1.165, 1.54) is 11.8 Å². The van der Waals surface area contributed by atoms with Crippen molar-refractivity contribution in [1.29, 1.82) is 0 Å². The summed E-state index contributed by atoms with van der Waals surface area (Å²) >= 11 is 3.77. The Labute approximate surface area is 211 Å². The van der Waals surface area contributed by atoms with Crippen LogP contribution in [-0.2, 0) is 19.1 Å². The number of hydrogen-bond donors (Lipinski definition) is 3. The number of hydrogen-bond acceptors (Lipinski definition) is 5. The Bertz CT molecular complexity index is 711. The van der Waals surface area contributed by atoms with Crippen LogP contribution in [0, 0.1) is 11.8 Å². The molecule has 0 saturated heterocycles. The van der Waals surface area contributed by atoms with Gasteiger partial charge in [-0.3, -0.25) is 19.2 Å². The van der Waals surface area contributed by atoms with E-state index in [1.807, 2.05) is 55.4 Å². The van der Waals surface area contributed by atoms with E-state index in [4.69, 9.17) is 4.74 Å². The van der Waals surface area contributed by atoms with Gasteiger partial charge in [0.25, 0.3) is 5.24 Å². The Morgan fingerprint density at radius 3 is 1.97 bits per heavy atom. The second-order valence-electron chi connectivity index (χ2n) is 10.8. The molecular formula is C25H47N3O5S. The molecule has 0 saturated carbocycles. The summed E-state index contributed by atoms with van der Waals surface area (Å²) in [5.41, 5.74) is -0.959. The van der Waals surface area contributed by atoms with E-state index in [0.29, 0.717) is 25.9 Å². The van der Waals surface area contributed by atoms with Crippen molar-refractivity contribution in [1.82, 2.24) is 15.5 Å². The largest absolute Gasteiger partial charge is 0.375 e. The number of rotatable bonds is 15. The van der Waals surface area contributed by atoms with Gasteiger partial charge in [0.05, 0.1) is 11.6 Å². The molecule has 3 atom stereocenters. The molecule has 0 aromatic carbocycles. The zero-order valence-corrected chi connectivity index (χ0v) is 23.7. The molecule has 0 fully saturated rings. The first-order valence-corrected chi connectivity index (χ1v) is 12.6. The van der Waals surface area contributed by atoms with Gasteiger partial charge in [0.15, 0.2) is 5.78 Å². The number of ketones is 1. The lowest BCUT2D eigenvalue weighted by molar-refractivity contribution is -0.142. The number of ether oxygens (including phenoxy) is 1. The van der Waals surface area contributed by atoms with Gasteiger partial charge in [0, 0.05) is 25.6 Å². The average molecular weight is 502 g/mol. The summed E-state index contributed by atoms with van der Waals surface area (Å²) in [5, 5.41) is 5.22. The highest BCUT2D eigenvalue weighted by atomic mass is 32.1. The molecule has 2 N–H and O–H groups in total. The Morgan fingerprint density at radius 2 is 1.56 bits per heavy atom. The summed E-state index contributed by atoms with van der Waals surface area (Å²) in [5.74, 6) is -0.727. The molecule has 0 spiro atoms. The quantitative estimate of drug-likeness (QED) is 0.295. The van der Waals surface area contributed by atoms with Gasteiger partial charge in [-0.2, -0.15) is 0 Å². The maximum atomic E-state index is 13.0. The number of carbonyl (C=O) groups is 4. The predicted molar refractivity (Wildman–Crippen MR) is 139 cm³/mol. The van der Waals surface area contributed by atoms with E-state index >= 15 is 0 Å². The van der Waals surface area contributed by atoms with Crippen molar-refractivity contribution in [2.24, 2.45) is 11.8 Å². The van der Waals surface area contributed by atoms with Crippen LogP contribution in [0.2, 0.25) is 0 Å². The van der Waals surface area contributed by atoms with Crippen LogP contribution in [0.1, 0.15) is 88.0 Å². The highest BCUT2D eigenvalue weighted by molar-refractivity contribution is 7.96. The lowest BCUT2D eigenvalue weighted by Gasteiger charge is -2.34. The molecule has 0 rings (SSSR count). The summed E-state index contributed by atoms with van der Waals surface area (Å²) in [6.07, 6.45) is 2.05. The number of likely N-dealkylation sites (N-methyl/N-ethyl adjacent to an activating group) is 1. The van der Waals surface area contributed by atoms with Gasteiger partial charge in [-0.25, -0.2) is 0 Å². The lowest BCUT2D eigenvalue weighted by atomic mass is 9.94. The third-order valence-corrected chi connectivity index (χ3v) is 6.46. The zero-order chi connectivity index (χ0) is 26.9. The number of carbonyl (C=O) groups excluding carboxylic acids is 4. The van der Waals surface area contributed by atoms with Gasteiger partial charge in [0.2, 0.25) is 11.8 Å². The number of amides is 3. The molecule has 0 aromatic rings. The minimum Gasteiger partial charge on any atom is -0.375 e. The van der Waals surface area contributed by atoms with Crippen molar-refractivity contribution in [3.05, 3.63) is 0 Å². The monoisotopic (exact) mass is 501 g/mol. The fourth-order valence-corrected chi connectivity index (χ4v) is 4.16. The second-order valence-corrected chi connectivity index (χ2v) is 11.2. The van der Waals surface area contributed by atoms with Crippen LogP contribution in [0.4, 0.5) is 4.79 Å². The van der Waals surface area contributed by atoms with Crippen molar-refractivity contribution in [3.8, 4) is 0 Å². The van der Waals surface area contributed by atoms with E-state index in [2.05, 4.69) is 23.3 Å². The molecule has 0 aliphatic heterocycles. The number of Topliss-reactive ketones (excluding diaryl/α,β-unsaturated/α-hetero) is 1. The third-order valence-electron chi connectivity index (χ3n) is 6.35. The highest BCUT2D eigenvalue weighted by Crippen LogP contribution is 2.24. The van der Waals surface area contributed by atoms with Crippen LogP contribution < -0.4 is 10.6 Å². The van der Waals surface area contributed by atoms with Crippen molar-refractivity contribution < 1.29 is 23.9 Å². The maximum absolute atomic E-state index is 13.0. The molecule has 0 heterocycles. The second kappa shape index (κ2) is 14.1. The van der Waals surface area contributed by atoms with Crippen LogP contribution >= 0.6 is 12.6 Å². The molecular weight excluding hydrogens is 454 g/mol. The molecule has 198 valence electrons. The molecule has 0 radical (unpaired) electrons. The summed E-state index contributed by atoms with van der Waals surface area (Å²) < 4.78 is 6.12. The topological polar surface area (TPSA) is 105 Å². The molecule has 34 heavy (non-hydrogen) atoms. The molecule has 3 unspecified atom stereocenters. The minimum absolute atomic E-state index is 0.0382. The first-order valence-electron chi connectivity index (χ1n) is 12.2. The van der Waals surface area contributed by atoms with Gasteiger partial charge >= 0.3 is 0 Å². The molecule has 9 heteroatoms. The van der Waals surface area contributed by atoms with Crippen molar-refractivity contribution in [2.45, 2.75) is 111 Å². The third kappa shape index (κ3) is 11.2. The van der Waals surface area contributed by atoms with E-state index in [9.17, 15) is 19.2 Å². The standard InChI is InChI=1S/C25H47N3O5S/c1-11-25(9,33-15-14-24(7,8)27-23(32)34)13-12-19(30)28(10)21(17(4)5)22(31)26-20(16(2)3)18(6)29/h16-17,20-21H,11-15H2,1-10H3,(H,26,31)(H2,27,32,34). The van der Waals surface area contributed by atoms with Crippen molar-refractivity contribution in [3.63, 3.8) is 0 Å². The predicted octanol–water partition coefficient (Wildman–Crippen LogP) is 3.97. The Morgan fingerprint density at radius 1 is 1.00 bits per heavy atom. The minimum atomic E-state index is -0.674. The average Bonchev–Trinajstić information content (AvgIpc) is 2.68. The van der Waals surface area contributed by atoms with Gasteiger partial charge in [0.1, 0.15) is 6.04 Å². The van der Waals surface area contributed by atoms with E-state index in [0.717, 1.165) is 0 Å². The molecule has 3 amide bonds. The van der Waals surface area contributed by atoms with Gasteiger partial charge in [-0.05, 0) is 58.8 Å². The zero-order valence-electron chi connectivity index (χ0n) is 22.8. The van der Waals surface area contributed by atoms with E-state index < -0.39 is 23.2 Å². The smallest absolute Gasteiger partial charge is 0.276 e. The van der Waals surface area contributed by atoms with Crippen LogP contribution in [0.15, 0.2) is 0 Å². The van der Waals surface area contributed by atoms with Gasteiger partial charge in [-0.15, -0.1) is 0 Å². The summed E-state index contributed by atoms with van der Waals surface area (Å²) in [7, 11) is 1.64. The molecule has 8 nitrogen and oxygen atoms in total. The first kappa shape index (κ1) is 32.4. The van der Waals surface area contributed by atoms with Crippen molar-refractivity contribution >= 4 is 35.5 Å². The lowest BCUT2D eigenvalue weighted by Crippen LogP contribution is -2.55. The molecule has 0 bridgehead atoms. The van der Waals surface area contributed by atoms with E-state index in [1.54, 1.807) is 7.05 Å². The summed E-state index contributed by atoms with van der Waals surface area (Å²) in [6, 6.07) is -1.25. The number of nitrogens with zero attached hydrogens (tertiary/aromatic N) is 1. The fraction of sp³-hybridized carbons (Fsp3) is 0.840. The van der Waals surface area contributed by atoms with Crippen LogP contribution in [-0.4, -0.2) is 64.6 Å². The summed E-state index contributed by atoms with van der Waals surface area (Å²) in [6.45, 7) is 17.2. The summed E-state index contributed by atoms with van der Waals surface area (Å²) in [4.78, 5) is 50.7. The maximum Gasteiger partial charge on any atom is 0.276 e. The Hall–Kier alpha value is -1.61. The first-order chi connectivity index (χ1) is 15.5. The SMILES string of the molecule is CCC(C)(CCC(=O)N(C)C(C(=O)NC(C(C)=O)C(C)C)C(C)C)OCCC(C)(C)NC(=O)S. The Balaban J connectivity index is 5.12. The Kier molecular flexibility index (Phi) is 13.4. The molecule has 0 aromatic heterocycles. The normalized spacial score (nSPS) is 15.4. The van der Waals surface area contributed by atoms with Gasteiger partial charge in [-0.1, -0.05) is 47.2 Å². The number of thiol groups is 1.